The SMILES string of the molecule is CCNC(=O)Nc1nc2cc(O)cc(/C(C)=N/OC)c2s1. The van der Waals surface area contributed by atoms with Gasteiger partial charge in [0.2, 0.25) is 0 Å². The number of hydrogen-bond donors (Lipinski definition) is 3. The minimum atomic E-state index is -0.315. The largest absolute Gasteiger partial charge is 0.508 e. The van der Waals surface area contributed by atoms with Crippen molar-refractivity contribution in [2.45, 2.75) is 13.8 Å². The molecule has 21 heavy (non-hydrogen) atoms. The third kappa shape index (κ3) is 3.40. The maximum atomic E-state index is 11.5. The lowest BCUT2D eigenvalue weighted by atomic mass is 10.1. The molecule has 0 aliphatic carbocycles. The summed E-state index contributed by atoms with van der Waals surface area (Å²) in [6.45, 7) is 4.13. The van der Waals surface area contributed by atoms with Crippen molar-refractivity contribution < 1.29 is 14.7 Å². The van der Waals surface area contributed by atoms with Crippen LogP contribution in [0.15, 0.2) is 17.3 Å². The number of amides is 2. The number of benzene rings is 1. The average Bonchev–Trinajstić information content (AvgIpc) is 2.80. The molecule has 0 unspecified atom stereocenters. The summed E-state index contributed by atoms with van der Waals surface area (Å²) in [5.41, 5.74) is 1.92. The number of anilines is 1. The lowest BCUT2D eigenvalue weighted by Crippen LogP contribution is -2.28. The number of urea groups is 1. The molecule has 0 bridgehead atoms. The topological polar surface area (TPSA) is 95.8 Å². The van der Waals surface area contributed by atoms with Crippen LogP contribution in [0.5, 0.6) is 5.75 Å². The molecule has 0 atom stereocenters. The van der Waals surface area contributed by atoms with E-state index in [4.69, 9.17) is 4.84 Å². The van der Waals surface area contributed by atoms with Gasteiger partial charge < -0.3 is 15.3 Å². The number of aromatic nitrogens is 1. The Balaban J connectivity index is 2.44. The Morgan fingerprint density at radius 1 is 1.52 bits per heavy atom. The molecule has 3 N–H and O–H groups in total. The van der Waals surface area contributed by atoms with Crippen LogP contribution in [0.3, 0.4) is 0 Å². The fourth-order valence-electron chi connectivity index (χ4n) is 1.83. The fourth-order valence-corrected chi connectivity index (χ4v) is 2.83. The van der Waals surface area contributed by atoms with Crippen LogP contribution < -0.4 is 10.6 Å². The van der Waals surface area contributed by atoms with Crippen LogP contribution in [0.1, 0.15) is 19.4 Å². The molecule has 2 amide bonds. The second-order valence-corrected chi connectivity index (χ2v) is 5.20. The molecule has 0 aliphatic rings. The number of carbonyl (C=O) groups is 1. The first kappa shape index (κ1) is 15.0. The molecule has 0 spiro atoms. The van der Waals surface area contributed by atoms with E-state index in [1.165, 1.54) is 18.4 Å². The molecular weight excluding hydrogens is 292 g/mol. The molecule has 8 heteroatoms. The number of nitrogens with zero attached hydrogens (tertiary/aromatic N) is 2. The van der Waals surface area contributed by atoms with Crippen LogP contribution in [0.25, 0.3) is 10.2 Å². The van der Waals surface area contributed by atoms with Crippen molar-refractivity contribution >= 4 is 38.4 Å². The van der Waals surface area contributed by atoms with Crippen LogP contribution in [0.2, 0.25) is 0 Å². The summed E-state index contributed by atoms with van der Waals surface area (Å²) in [6.07, 6.45) is 0. The lowest BCUT2D eigenvalue weighted by Gasteiger charge is -2.02. The smallest absolute Gasteiger partial charge is 0.321 e. The van der Waals surface area contributed by atoms with Gasteiger partial charge in [-0.3, -0.25) is 5.32 Å². The van der Waals surface area contributed by atoms with Crippen LogP contribution in [0.4, 0.5) is 9.93 Å². The first-order chi connectivity index (χ1) is 10.0. The number of carbonyl (C=O) groups excluding carboxylic acids is 1. The molecule has 1 heterocycles. The Morgan fingerprint density at radius 3 is 2.95 bits per heavy atom. The van der Waals surface area contributed by atoms with Gasteiger partial charge in [0, 0.05) is 18.2 Å². The zero-order chi connectivity index (χ0) is 15.4. The van der Waals surface area contributed by atoms with Crippen LogP contribution in [-0.2, 0) is 4.84 Å². The summed E-state index contributed by atoms with van der Waals surface area (Å²) < 4.78 is 0.817. The predicted octanol–water partition coefficient (Wildman–Crippen LogP) is 2.51. The quantitative estimate of drug-likeness (QED) is 0.597. The molecule has 2 aromatic rings. The van der Waals surface area contributed by atoms with Crippen molar-refractivity contribution in [3.63, 3.8) is 0 Å². The standard InChI is InChI=1S/C13H16N4O3S/c1-4-14-12(19)16-13-15-10-6-8(18)5-9(11(10)21-13)7(2)17-20-3/h5-6,18H,4H2,1-3H3,(H2,14,15,16,19)/b17-7+. The highest BCUT2D eigenvalue weighted by molar-refractivity contribution is 7.22. The van der Waals surface area contributed by atoms with Gasteiger partial charge in [0.25, 0.3) is 0 Å². The Bertz CT molecular complexity index is 696. The number of fused-ring (bicyclic) bond motifs is 1. The maximum Gasteiger partial charge on any atom is 0.321 e. The van der Waals surface area contributed by atoms with Gasteiger partial charge in [-0.2, -0.15) is 0 Å². The van der Waals surface area contributed by atoms with Gasteiger partial charge >= 0.3 is 6.03 Å². The minimum Gasteiger partial charge on any atom is -0.508 e. The number of oxime groups is 1. The van der Waals surface area contributed by atoms with E-state index < -0.39 is 0 Å². The predicted molar refractivity (Wildman–Crippen MR) is 83.2 cm³/mol. The lowest BCUT2D eigenvalue weighted by molar-refractivity contribution is 0.213. The highest BCUT2D eigenvalue weighted by atomic mass is 32.1. The van der Waals surface area contributed by atoms with Crippen LogP contribution >= 0.6 is 11.3 Å². The van der Waals surface area contributed by atoms with E-state index in [1.807, 2.05) is 6.92 Å². The number of thiazole rings is 1. The Labute approximate surface area is 125 Å². The van der Waals surface area contributed by atoms with Crippen LogP contribution in [-0.4, -0.2) is 35.5 Å². The molecule has 0 saturated heterocycles. The third-order valence-corrected chi connectivity index (χ3v) is 3.67. The molecule has 0 aliphatic heterocycles. The van der Waals surface area contributed by atoms with Crippen molar-refractivity contribution in [1.82, 2.24) is 10.3 Å². The number of rotatable bonds is 4. The molecular formula is C13H16N4O3S. The maximum absolute atomic E-state index is 11.5. The van der Waals surface area contributed by atoms with Gasteiger partial charge in [-0.25, -0.2) is 9.78 Å². The van der Waals surface area contributed by atoms with Crippen LogP contribution in [0, 0.1) is 0 Å². The molecule has 0 fully saturated rings. The van der Waals surface area contributed by atoms with Crippen molar-refractivity contribution in [1.29, 1.82) is 0 Å². The monoisotopic (exact) mass is 308 g/mol. The molecule has 0 saturated carbocycles. The highest BCUT2D eigenvalue weighted by Gasteiger charge is 2.14. The summed E-state index contributed by atoms with van der Waals surface area (Å²) in [5, 5.41) is 19.4. The first-order valence-corrected chi connectivity index (χ1v) is 7.13. The van der Waals surface area contributed by atoms with Gasteiger partial charge in [0.1, 0.15) is 12.9 Å². The Kier molecular flexibility index (Phi) is 4.59. The van der Waals surface area contributed by atoms with E-state index in [2.05, 4.69) is 20.8 Å². The summed E-state index contributed by atoms with van der Waals surface area (Å²) in [5.74, 6) is 0.0815. The number of nitrogens with one attached hydrogen (secondary N) is 2. The van der Waals surface area contributed by atoms with Crippen molar-refractivity contribution in [3.05, 3.63) is 17.7 Å². The second-order valence-electron chi connectivity index (χ2n) is 4.20. The average molecular weight is 308 g/mol. The molecule has 1 aromatic heterocycles. The van der Waals surface area contributed by atoms with Gasteiger partial charge in [0.05, 0.1) is 15.9 Å². The van der Waals surface area contributed by atoms with E-state index in [0.717, 1.165) is 4.70 Å². The molecule has 2 rings (SSSR count). The normalized spacial score (nSPS) is 11.5. The summed E-state index contributed by atoms with van der Waals surface area (Å²) in [4.78, 5) is 20.6. The summed E-state index contributed by atoms with van der Waals surface area (Å²) >= 11 is 1.31. The second kappa shape index (κ2) is 6.40. The molecule has 112 valence electrons. The van der Waals surface area contributed by atoms with Gasteiger partial charge in [-0.05, 0) is 19.9 Å². The minimum absolute atomic E-state index is 0.0815. The molecule has 0 radical (unpaired) electrons. The Morgan fingerprint density at radius 2 is 2.29 bits per heavy atom. The van der Waals surface area contributed by atoms with E-state index in [-0.39, 0.29) is 11.8 Å². The summed E-state index contributed by atoms with van der Waals surface area (Å²) in [6, 6.07) is 2.82. The number of phenolic OH excluding ortho intramolecular Hbond substituents is 1. The number of hydrogen-bond acceptors (Lipinski definition) is 6. The van der Waals surface area contributed by atoms with Crippen molar-refractivity contribution in [2.24, 2.45) is 5.16 Å². The molecule has 7 nitrogen and oxygen atoms in total. The van der Waals surface area contributed by atoms with Crippen molar-refractivity contribution in [3.8, 4) is 5.75 Å². The van der Waals surface area contributed by atoms with E-state index in [9.17, 15) is 9.90 Å². The van der Waals surface area contributed by atoms with Gasteiger partial charge in [-0.15, -0.1) is 0 Å². The van der Waals surface area contributed by atoms with Gasteiger partial charge in [0.15, 0.2) is 5.13 Å². The first-order valence-electron chi connectivity index (χ1n) is 6.31. The van der Waals surface area contributed by atoms with Gasteiger partial charge in [-0.1, -0.05) is 16.5 Å². The zero-order valence-electron chi connectivity index (χ0n) is 11.9. The van der Waals surface area contributed by atoms with E-state index in [1.54, 1.807) is 19.1 Å². The zero-order valence-corrected chi connectivity index (χ0v) is 12.7. The summed E-state index contributed by atoms with van der Waals surface area (Å²) in [7, 11) is 1.46. The van der Waals surface area contributed by atoms with E-state index in [0.29, 0.717) is 28.5 Å². The fraction of sp³-hybridized carbons (Fsp3) is 0.308. The third-order valence-electron chi connectivity index (χ3n) is 2.65. The van der Waals surface area contributed by atoms with E-state index >= 15 is 0 Å². The molecule has 1 aromatic carbocycles. The Hall–Kier alpha value is -2.35. The highest BCUT2D eigenvalue weighted by Crippen LogP contribution is 2.32. The number of phenols is 1. The number of aromatic hydroxyl groups is 1. The van der Waals surface area contributed by atoms with Crippen molar-refractivity contribution in [2.75, 3.05) is 19.0 Å².